The third kappa shape index (κ3) is 3.48. The first-order valence-electron chi connectivity index (χ1n) is 4.74. The Morgan fingerprint density at radius 3 is 2.31 bits per heavy atom. The van der Waals surface area contributed by atoms with Crippen LogP contribution >= 0.6 is 0 Å². The second-order valence-corrected chi connectivity index (χ2v) is 2.56. The van der Waals surface area contributed by atoms with Crippen molar-refractivity contribution in [2.45, 2.75) is 20.1 Å². The largest absolute Gasteiger partial charge is 0.497 e. The molecule has 0 atom stereocenters. The van der Waals surface area contributed by atoms with Gasteiger partial charge < -0.3 is 14.9 Å². The van der Waals surface area contributed by atoms with Crippen LogP contribution in [0.25, 0.3) is 0 Å². The third-order valence-corrected chi connectivity index (χ3v) is 1.71. The molecule has 0 aromatic heterocycles. The van der Waals surface area contributed by atoms with Gasteiger partial charge in [-0.1, -0.05) is 13.8 Å². The Morgan fingerprint density at radius 2 is 1.94 bits per heavy atom. The van der Waals surface area contributed by atoms with Gasteiger partial charge in [0.2, 0.25) is 0 Å². The van der Waals surface area contributed by atoms with E-state index in [0.29, 0.717) is 5.75 Å². The number of aliphatic hydroxyl groups excluding tert-OH is 1. The fraction of sp³-hybridized carbons (Fsp3) is 0.400. The molecule has 0 aliphatic heterocycles. The summed E-state index contributed by atoms with van der Waals surface area (Å²) in [6, 6.07) is 3.79. The molecule has 2 N–H and O–H groups in total. The van der Waals surface area contributed by atoms with Crippen LogP contribution in [0.3, 0.4) is 0 Å². The molecule has 0 aliphatic carbocycles. The number of nitrogens with zero attached hydrogens (tertiary/aromatic N) is 1. The van der Waals surface area contributed by atoms with Gasteiger partial charge in [-0.3, -0.25) is 10.1 Å². The van der Waals surface area contributed by atoms with Crippen LogP contribution < -0.4 is 4.74 Å². The van der Waals surface area contributed by atoms with E-state index in [4.69, 9.17) is 14.9 Å². The third-order valence-electron chi connectivity index (χ3n) is 1.71. The molecule has 0 bridgehead atoms. The van der Waals surface area contributed by atoms with Gasteiger partial charge in [0.15, 0.2) is 6.29 Å². The predicted octanol–water partition coefficient (Wildman–Crippen LogP) is 1.61. The minimum absolute atomic E-state index is 0.157. The molecule has 16 heavy (non-hydrogen) atoms. The average Bonchev–Trinajstić information content (AvgIpc) is 2.30. The van der Waals surface area contributed by atoms with Gasteiger partial charge in [-0.05, 0) is 12.1 Å². The molecule has 6 nitrogen and oxygen atoms in total. The van der Waals surface area contributed by atoms with E-state index in [1.165, 1.54) is 19.2 Å². The maximum absolute atomic E-state index is 10.5. The van der Waals surface area contributed by atoms with Crippen LogP contribution in [0.2, 0.25) is 0 Å². The van der Waals surface area contributed by atoms with E-state index in [-0.39, 0.29) is 11.3 Å². The van der Waals surface area contributed by atoms with Gasteiger partial charge in [-0.2, -0.15) is 0 Å². The SMILES string of the molecule is CC.COc1ccc(C(O)O)c([N+](=O)[O-])c1. The van der Waals surface area contributed by atoms with Crippen molar-refractivity contribution in [1.82, 2.24) is 0 Å². The standard InChI is InChI=1S/C8H9NO5.C2H6/c1-14-5-2-3-6(8(10)11)7(4-5)9(12)13;1-2/h2-4,8,10-11H,1H3;1-2H3. The van der Waals surface area contributed by atoms with Crippen LogP contribution in [0.15, 0.2) is 18.2 Å². The quantitative estimate of drug-likeness (QED) is 0.466. The number of aliphatic hydroxyl groups is 2. The molecule has 6 heteroatoms. The molecule has 1 aromatic carbocycles. The monoisotopic (exact) mass is 229 g/mol. The number of ether oxygens (including phenoxy) is 1. The molecule has 0 saturated carbocycles. The summed E-state index contributed by atoms with van der Waals surface area (Å²) in [5, 5.41) is 28.2. The fourth-order valence-corrected chi connectivity index (χ4v) is 1.03. The lowest BCUT2D eigenvalue weighted by Gasteiger charge is -2.06. The zero-order valence-corrected chi connectivity index (χ0v) is 9.38. The molecule has 0 heterocycles. The van der Waals surface area contributed by atoms with Gasteiger partial charge in [0.25, 0.3) is 5.69 Å². The maximum Gasteiger partial charge on any atom is 0.281 e. The summed E-state index contributed by atoms with van der Waals surface area (Å²) in [5.74, 6) is 0.293. The summed E-state index contributed by atoms with van der Waals surface area (Å²) in [5.41, 5.74) is -0.532. The number of nitro benzene ring substituents is 1. The summed E-state index contributed by atoms with van der Waals surface area (Å²) in [7, 11) is 1.37. The zero-order chi connectivity index (χ0) is 12.7. The number of hydrogen-bond acceptors (Lipinski definition) is 5. The predicted molar refractivity (Wildman–Crippen MR) is 58.2 cm³/mol. The second-order valence-electron chi connectivity index (χ2n) is 2.56. The van der Waals surface area contributed by atoms with Crippen LogP contribution in [-0.2, 0) is 0 Å². The van der Waals surface area contributed by atoms with Crippen molar-refractivity contribution in [3.05, 3.63) is 33.9 Å². The number of benzene rings is 1. The Morgan fingerprint density at radius 1 is 1.38 bits per heavy atom. The molecule has 0 saturated heterocycles. The summed E-state index contributed by atoms with van der Waals surface area (Å²) in [6.07, 6.45) is -1.86. The lowest BCUT2D eigenvalue weighted by molar-refractivity contribution is -0.386. The highest BCUT2D eigenvalue weighted by Crippen LogP contribution is 2.27. The van der Waals surface area contributed by atoms with Crippen molar-refractivity contribution >= 4 is 5.69 Å². The lowest BCUT2D eigenvalue weighted by atomic mass is 10.1. The fourth-order valence-electron chi connectivity index (χ4n) is 1.03. The minimum Gasteiger partial charge on any atom is -0.497 e. The Hall–Kier alpha value is -1.66. The molecule has 1 aromatic rings. The zero-order valence-electron chi connectivity index (χ0n) is 9.38. The first kappa shape index (κ1) is 14.3. The van der Waals surface area contributed by atoms with E-state index in [0.717, 1.165) is 6.07 Å². The number of nitro groups is 1. The molecule has 0 fully saturated rings. The van der Waals surface area contributed by atoms with Crippen molar-refractivity contribution in [3.8, 4) is 5.75 Å². The van der Waals surface area contributed by atoms with E-state index in [1.54, 1.807) is 0 Å². The van der Waals surface area contributed by atoms with Crippen LogP contribution in [0.4, 0.5) is 5.69 Å². The first-order valence-corrected chi connectivity index (χ1v) is 4.74. The van der Waals surface area contributed by atoms with E-state index >= 15 is 0 Å². The van der Waals surface area contributed by atoms with E-state index < -0.39 is 11.2 Å². The number of hydrogen-bond donors (Lipinski definition) is 2. The summed E-state index contributed by atoms with van der Waals surface area (Å²) < 4.78 is 4.77. The molecule has 1 rings (SSSR count). The van der Waals surface area contributed by atoms with Gasteiger partial charge in [-0.15, -0.1) is 0 Å². The second kappa shape index (κ2) is 6.76. The Kier molecular flexibility index (Phi) is 6.06. The molecule has 0 unspecified atom stereocenters. The van der Waals surface area contributed by atoms with E-state index in [9.17, 15) is 10.1 Å². The molecule has 0 spiro atoms. The summed E-state index contributed by atoms with van der Waals surface area (Å²) in [6.45, 7) is 4.00. The maximum atomic E-state index is 10.5. The molecule has 0 aliphatic rings. The molecule has 0 radical (unpaired) electrons. The molecule has 0 amide bonds. The van der Waals surface area contributed by atoms with E-state index in [2.05, 4.69) is 0 Å². The van der Waals surface area contributed by atoms with Crippen molar-refractivity contribution in [2.75, 3.05) is 7.11 Å². The van der Waals surface area contributed by atoms with Gasteiger partial charge in [0.05, 0.1) is 23.7 Å². The smallest absolute Gasteiger partial charge is 0.281 e. The van der Waals surface area contributed by atoms with Crippen LogP contribution in [0.1, 0.15) is 25.7 Å². The minimum atomic E-state index is -1.86. The molecular weight excluding hydrogens is 214 g/mol. The van der Waals surface area contributed by atoms with Crippen molar-refractivity contribution in [3.63, 3.8) is 0 Å². The van der Waals surface area contributed by atoms with Crippen molar-refractivity contribution in [1.29, 1.82) is 0 Å². The highest BCUT2D eigenvalue weighted by molar-refractivity contribution is 5.46. The van der Waals surface area contributed by atoms with Crippen LogP contribution in [0.5, 0.6) is 5.75 Å². The van der Waals surface area contributed by atoms with Gasteiger partial charge >= 0.3 is 0 Å². The number of rotatable bonds is 3. The topological polar surface area (TPSA) is 92.8 Å². The molecule has 90 valence electrons. The normalized spacial score (nSPS) is 9.38. The van der Waals surface area contributed by atoms with Gasteiger partial charge in [0, 0.05) is 0 Å². The van der Waals surface area contributed by atoms with Crippen LogP contribution in [0, 0.1) is 10.1 Å². The highest BCUT2D eigenvalue weighted by Gasteiger charge is 2.19. The Balaban J connectivity index is 0.00000106. The van der Waals surface area contributed by atoms with Crippen molar-refractivity contribution < 1.29 is 19.9 Å². The lowest BCUT2D eigenvalue weighted by Crippen LogP contribution is -2.01. The first-order chi connectivity index (χ1) is 7.56. The van der Waals surface area contributed by atoms with Gasteiger partial charge in [0.1, 0.15) is 5.75 Å². The summed E-state index contributed by atoms with van der Waals surface area (Å²) >= 11 is 0. The van der Waals surface area contributed by atoms with Gasteiger partial charge in [-0.25, -0.2) is 0 Å². The van der Waals surface area contributed by atoms with Crippen molar-refractivity contribution in [2.24, 2.45) is 0 Å². The Bertz CT molecular complexity index is 351. The summed E-state index contributed by atoms with van der Waals surface area (Å²) in [4.78, 5) is 9.83. The highest BCUT2D eigenvalue weighted by atomic mass is 16.6. The Labute approximate surface area is 93.3 Å². The number of methoxy groups -OCH3 is 1. The molecular formula is C10H15NO5. The average molecular weight is 229 g/mol. The van der Waals surface area contributed by atoms with Crippen LogP contribution in [-0.4, -0.2) is 22.2 Å². The van der Waals surface area contributed by atoms with E-state index in [1.807, 2.05) is 13.8 Å².